The maximum absolute atomic E-state index is 14.3. The topological polar surface area (TPSA) is 22.1 Å². The lowest BCUT2D eigenvalue weighted by Crippen LogP contribution is -1.97. The van der Waals surface area contributed by atoms with Crippen LogP contribution >= 0.6 is 0 Å². The van der Waals surface area contributed by atoms with Gasteiger partial charge in [0.2, 0.25) is 0 Å². The summed E-state index contributed by atoms with van der Waals surface area (Å²) in [5.41, 5.74) is 2.44. The minimum Gasteiger partial charge on any atom is -0.497 e. The van der Waals surface area contributed by atoms with E-state index in [-0.39, 0.29) is 11.3 Å². The first-order chi connectivity index (χ1) is 11.9. The Morgan fingerprint density at radius 3 is 2.32 bits per heavy atom. The Morgan fingerprint density at radius 1 is 1.04 bits per heavy atom. The molecule has 0 aliphatic carbocycles. The van der Waals surface area contributed by atoms with E-state index in [0.29, 0.717) is 16.7 Å². The second-order valence-corrected chi connectivity index (χ2v) is 5.79. The summed E-state index contributed by atoms with van der Waals surface area (Å²) in [6.07, 6.45) is 1.59. The first-order valence-corrected chi connectivity index (χ1v) is 7.70. The molecular formula is C21H17F2NO. The van der Waals surface area contributed by atoms with Gasteiger partial charge in [-0.15, -0.1) is 0 Å². The van der Waals surface area contributed by atoms with E-state index in [2.05, 4.69) is 18.1 Å². The number of ether oxygens (including phenoxy) is 1. The van der Waals surface area contributed by atoms with Crippen LogP contribution in [-0.4, -0.2) is 12.1 Å². The van der Waals surface area contributed by atoms with Crippen LogP contribution in [0.15, 0.2) is 55.8 Å². The Labute approximate surface area is 145 Å². The second-order valence-electron chi connectivity index (χ2n) is 5.79. The summed E-state index contributed by atoms with van der Waals surface area (Å²) < 4.78 is 33.8. The molecule has 0 aliphatic heterocycles. The molecule has 1 aromatic heterocycles. The van der Waals surface area contributed by atoms with E-state index in [0.717, 1.165) is 16.5 Å². The number of hydrogen-bond donors (Lipinski definition) is 0. The van der Waals surface area contributed by atoms with E-state index < -0.39 is 11.6 Å². The fourth-order valence-electron chi connectivity index (χ4n) is 2.80. The third kappa shape index (κ3) is 2.91. The van der Waals surface area contributed by atoms with Crippen LogP contribution < -0.4 is 0 Å². The van der Waals surface area contributed by atoms with Crippen molar-refractivity contribution in [2.24, 2.45) is 0 Å². The number of pyridine rings is 1. The van der Waals surface area contributed by atoms with Gasteiger partial charge in [-0.05, 0) is 36.1 Å². The number of allylic oxidation sites excluding steroid dienone is 1. The molecule has 0 spiro atoms. The van der Waals surface area contributed by atoms with Crippen molar-refractivity contribution in [3.63, 3.8) is 0 Å². The molecular weight excluding hydrogens is 320 g/mol. The number of halogens is 2. The normalized spacial score (nSPS) is 10.7. The molecule has 3 rings (SSSR count). The van der Waals surface area contributed by atoms with Gasteiger partial charge in [-0.25, -0.2) is 8.78 Å². The zero-order valence-electron chi connectivity index (χ0n) is 14.1. The standard InChI is InChI=1S/C21H17F2NO/c1-12(2)17-11-24-21(20-18(22)6-5-7-19(20)23)16-10-14(13(3)25-4)8-9-15(16)17/h5-11H,1,3H2,2,4H3. The zero-order valence-corrected chi connectivity index (χ0v) is 14.1. The van der Waals surface area contributed by atoms with Gasteiger partial charge in [-0.1, -0.05) is 31.4 Å². The van der Waals surface area contributed by atoms with Crippen molar-refractivity contribution in [2.45, 2.75) is 6.92 Å². The number of fused-ring (bicyclic) bond motifs is 1. The highest BCUT2D eigenvalue weighted by atomic mass is 19.1. The predicted octanol–water partition coefficient (Wildman–Crippen LogP) is 5.83. The Kier molecular flexibility index (Phi) is 4.36. The fourth-order valence-corrected chi connectivity index (χ4v) is 2.80. The number of benzene rings is 2. The average Bonchev–Trinajstić information content (AvgIpc) is 2.60. The summed E-state index contributed by atoms with van der Waals surface area (Å²) in [4.78, 5) is 4.33. The van der Waals surface area contributed by atoms with E-state index in [9.17, 15) is 8.78 Å². The number of aromatic nitrogens is 1. The van der Waals surface area contributed by atoms with E-state index in [1.165, 1.54) is 25.3 Å². The lowest BCUT2D eigenvalue weighted by Gasteiger charge is -2.14. The van der Waals surface area contributed by atoms with Gasteiger partial charge in [-0.3, -0.25) is 4.98 Å². The molecule has 126 valence electrons. The minimum absolute atomic E-state index is 0.152. The lowest BCUT2D eigenvalue weighted by atomic mass is 9.95. The van der Waals surface area contributed by atoms with Gasteiger partial charge < -0.3 is 4.74 Å². The van der Waals surface area contributed by atoms with Gasteiger partial charge in [0.15, 0.2) is 0 Å². The summed E-state index contributed by atoms with van der Waals surface area (Å²) in [7, 11) is 1.52. The Hall–Kier alpha value is -3.01. The molecule has 0 amide bonds. The predicted molar refractivity (Wildman–Crippen MR) is 97.8 cm³/mol. The summed E-state index contributed by atoms with van der Waals surface area (Å²) in [6.45, 7) is 9.66. The number of nitrogens with zero attached hydrogens (tertiary/aromatic N) is 1. The number of methoxy groups -OCH3 is 1. The van der Waals surface area contributed by atoms with Gasteiger partial charge in [0.05, 0.1) is 18.4 Å². The molecule has 0 saturated carbocycles. The first kappa shape index (κ1) is 16.8. The molecule has 0 N–H and O–H groups in total. The van der Waals surface area contributed by atoms with Crippen molar-refractivity contribution >= 4 is 22.1 Å². The van der Waals surface area contributed by atoms with Crippen LogP contribution in [0.25, 0.3) is 33.4 Å². The highest BCUT2D eigenvalue weighted by molar-refractivity contribution is 6.01. The van der Waals surface area contributed by atoms with Crippen LogP contribution in [0.3, 0.4) is 0 Å². The van der Waals surface area contributed by atoms with Gasteiger partial charge in [-0.2, -0.15) is 0 Å². The molecule has 2 nitrogen and oxygen atoms in total. The molecule has 25 heavy (non-hydrogen) atoms. The van der Waals surface area contributed by atoms with Crippen molar-refractivity contribution < 1.29 is 13.5 Å². The molecule has 0 unspecified atom stereocenters. The van der Waals surface area contributed by atoms with Gasteiger partial charge in [0.25, 0.3) is 0 Å². The maximum atomic E-state index is 14.3. The molecule has 4 heteroatoms. The maximum Gasteiger partial charge on any atom is 0.135 e. The number of hydrogen-bond acceptors (Lipinski definition) is 2. The van der Waals surface area contributed by atoms with Gasteiger partial charge in [0, 0.05) is 22.7 Å². The van der Waals surface area contributed by atoms with E-state index >= 15 is 0 Å². The third-order valence-electron chi connectivity index (χ3n) is 4.12. The SMILES string of the molecule is C=C(OC)c1ccc2c(C(=C)C)cnc(-c3c(F)cccc3F)c2c1. The average molecular weight is 337 g/mol. The van der Waals surface area contributed by atoms with Crippen molar-refractivity contribution in [1.82, 2.24) is 4.98 Å². The molecule has 0 saturated heterocycles. The van der Waals surface area contributed by atoms with Crippen molar-refractivity contribution in [1.29, 1.82) is 0 Å². The van der Waals surface area contributed by atoms with Crippen LogP contribution in [0, 0.1) is 11.6 Å². The van der Waals surface area contributed by atoms with Crippen LogP contribution in [0.2, 0.25) is 0 Å². The quantitative estimate of drug-likeness (QED) is 0.559. The lowest BCUT2D eigenvalue weighted by molar-refractivity contribution is 0.371. The Balaban J connectivity index is 2.41. The van der Waals surface area contributed by atoms with Crippen molar-refractivity contribution in [2.75, 3.05) is 7.11 Å². The largest absolute Gasteiger partial charge is 0.497 e. The molecule has 1 heterocycles. The summed E-state index contributed by atoms with van der Waals surface area (Å²) in [5, 5.41) is 1.42. The molecule has 0 atom stereocenters. The smallest absolute Gasteiger partial charge is 0.135 e. The van der Waals surface area contributed by atoms with E-state index in [1.54, 1.807) is 12.3 Å². The van der Waals surface area contributed by atoms with Crippen molar-refractivity contribution in [3.05, 3.63) is 78.5 Å². The van der Waals surface area contributed by atoms with Gasteiger partial charge >= 0.3 is 0 Å². The van der Waals surface area contributed by atoms with E-state index in [4.69, 9.17) is 4.74 Å². The Morgan fingerprint density at radius 2 is 1.72 bits per heavy atom. The van der Waals surface area contributed by atoms with E-state index in [1.807, 2.05) is 19.1 Å². The van der Waals surface area contributed by atoms with Crippen LogP contribution in [-0.2, 0) is 4.74 Å². The molecule has 0 aliphatic rings. The van der Waals surface area contributed by atoms with Crippen LogP contribution in [0.1, 0.15) is 18.1 Å². The molecule has 2 aromatic carbocycles. The van der Waals surface area contributed by atoms with Crippen LogP contribution in [0.5, 0.6) is 0 Å². The van der Waals surface area contributed by atoms with Gasteiger partial charge in [0.1, 0.15) is 17.4 Å². The summed E-state index contributed by atoms with van der Waals surface area (Å²) in [6, 6.07) is 9.26. The third-order valence-corrected chi connectivity index (χ3v) is 4.12. The monoisotopic (exact) mass is 337 g/mol. The summed E-state index contributed by atoms with van der Waals surface area (Å²) in [5.74, 6) is -0.858. The minimum atomic E-state index is -0.659. The molecule has 3 aromatic rings. The van der Waals surface area contributed by atoms with Crippen LogP contribution in [0.4, 0.5) is 8.78 Å². The highest BCUT2D eigenvalue weighted by Gasteiger charge is 2.18. The molecule has 0 bridgehead atoms. The number of rotatable bonds is 4. The van der Waals surface area contributed by atoms with Crippen molar-refractivity contribution in [3.8, 4) is 11.3 Å². The second kappa shape index (κ2) is 6.48. The molecule has 0 radical (unpaired) electrons. The highest BCUT2D eigenvalue weighted by Crippen LogP contribution is 2.35. The Bertz CT molecular complexity index is 988. The first-order valence-electron chi connectivity index (χ1n) is 7.70. The molecule has 0 fully saturated rings. The fraction of sp³-hybridized carbons (Fsp3) is 0.0952. The summed E-state index contributed by atoms with van der Waals surface area (Å²) >= 11 is 0. The zero-order chi connectivity index (χ0) is 18.1.